The number of carbonyl (C=O) groups is 2. The minimum absolute atomic E-state index is 0.0121. The van der Waals surface area contributed by atoms with Gasteiger partial charge in [0.1, 0.15) is 11.4 Å². The van der Waals surface area contributed by atoms with Gasteiger partial charge in [0.2, 0.25) is 0 Å². The minimum atomic E-state index is -0.388. The van der Waals surface area contributed by atoms with Crippen LogP contribution < -0.4 is 10.1 Å². The zero-order valence-corrected chi connectivity index (χ0v) is 19.0. The number of imide groups is 1. The Balaban J connectivity index is 1.98. The maximum absolute atomic E-state index is 13.2. The first-order valence-electron chi connectivity index (χ1n) is 10.3. The molecule has 1 heterocycles. The average Bonchev–Trinajstić information content (AvgIpc) is 2.95. The van der Waals surface area contributed by atoms with Crippen molar-refractivity contribution in [2.24, 2.45) is 0 Å². The number of hydrogen-bond donors (Lipinski definition) is 1. The third-order valence-electron chi connectivity index (χ3n) is 4.85. The van der Waals surface area contributed by atoms with Crippen LogP contribution >= 0.6 is 11.6 Å². The number of amides is 2. The lowest BCUT2D eigenvalue weighted by Crippen LogP contribution is -2.35. The molecule has 1 N–H and O–H groups in total. The quantitative estimate of drug-likeness (QED) is 0.572. The molecule has 6 nitrogen and oxygen atoms in total. The second kappa shape index (κ2) is 9.98. The summed E-state index contributed by atoms with van der Waals surface area (Å²) >= 11 is 6.15. The number of benzene rings is 2. The second-order valence-electron chi connectivity index (χ2n) is 7.47. The molecule has 0 saturated carbocycles. The Hall–Kier alpha value is -2.83. The molecule has 0 unspecified atom stereocenters. The summed E-state index contributed by atoms with van der Waals surface area (Å²) in [6.07, 6.45) is 0.0121. The molecule has 2 aromatic rings. The van der Waals surface area contributed by atoms with E-state index >= 15 is 0 Å². The van der Waals surface area contributed by atoms with Gasteiger partial charge < -0.3 is 14.8 Å². The van der Waals surface area contributed by atoms with Gasteiger partial charge in [-0.2, -0.15) is 0 Å². The lowest BCUT2D eigenvalue weighted by Gasteiger charge is -2.16. The van der Waals surface area contributed by atoms with E-state index in [1.807, 2.05) is 33.8 Å². The summed E-state index contributed by atoms with van der Waals surface area (Å²) in [5.41, 5.74) is 2.76. The zero-order valence-electron chi connectivity index (χ0n) is 18.2. The number of halogens is 1. The third-order valence-corrected chi connectivity index (χ3v) is 5.08. The average molecular weight is 443 g/mol. The Morgan fingerprint density at radius 1 is 1.06 bits per heavy atom. The van der Waals surface area contributed by atoms with E-state index in [-0.39, 0.29) is 36.8 Å². The highest BCUT2D eigenvalue weighted by Gasteiger charge is 2.39. The van der Waals surface area contributed by atoms with Gasteiger partial charge in [-0.25, -0.2) is 0 Å². The summed E-state index contributed by atoms with van der Waals surface area (Å²) in [4.78, 5) is 27.7. The minimum Gasteiger partial charge on any atom is -0.494 e. The first kappa shape index (κ1) is 22.8. The number of nitrogens with one attached hydrogen (secondary N) is 1. The van der Waals surface area contributed by atoms with Crippen molar-refractivity contribution in [1.29, 1.82) is 0 Å². The van der Waals surface area contributed by atoms with Gasteiger partial charge in [0.15, 0.2) is 0 Å². The number of nitrogens with zero attached hydrogens (tertiary/aromatic N) is 1. The molecule has 0 aliphatic carbocycles. The highest BCUT2D eigenvalue weighted by Crippen LogP contribution is 2.32. The van der Waals surface area contributed by atoms with E-state index in [1.165, 1.54) is 4.90 Å². The van der Waals surface area contributed by atoms with Gasteiger partial charge in [0, 0.05) is 10.7 Å². The molecule has 0 saturated heterocycles. The molecule has 2 aromatic carbocycles. The van der Waals surface area contributed by atoms with Crippen molar-refractivity contribution in [3.8, 4) is 5.75 Å². The molecule has 1 aliphatic heterocycles. The SMILES string of the molecule is CCOc1ccc(C2=C(Nc3cc(Cl)ccc3C)C(=O)N(CCOC(C)C)C2=O)cc1. The summed E-state index contributed by atoms with van der Waals surface area (Å²) < 4.78 is 11.0. The normalized spacial score (nSPS) is 14.1. The molecule has 0 atom stereocenters. The Morgan fingerprint density at radius 3 is 2.42 bits per heavy atom. The van der Waals surface area contributed by atoms with Gasteiger partial charge >= 0.3 is 0 Å². The predicted molar refractivity (Wildman–Crippen MR) is 122 cm³/mol. The summed E-state index contributed by atoms with van der Waals surface area (Å²) in [7, 11) is 0. The molecule has 3 rings (SSSR count). The van der Waals surface area contributed by atoms with Crippen LogP contribution in [0.25, 0.3) is 5.57 Å². The lowest BCUT2D eigenvalue weighted by atomic mass is 10.0. The van der Waals surface area contributed by atoms with E-state index in [1.54, 1.807) is 36.4 Å². The van der Waals surface area contributed by atoms with Crippen LogP contribution in [0, 0.1) is 6.92 Å². The van der Waals surface area contributed by atoms with Crippen molar-refractivity contribution in [3.05, 3.63) is 64.3 Å². The van der Waals surface area contributed by atoms with Crippen LogP contribution in [0.3, 0.4) is 0 Å². The van der Waals surface area contributed by atoms with Crippen molar-refractivity contribution < 1.29 is 19.1 Å². The maximum atomic E-state index is 13.2. The number of carbonyl (C=O) groups excluding carboxylic acids is 2. The molecule has 7 heteroatoms. The summed E-state index contributed by atoms with van der Waals surface area (Å²) in [5.74, 6) is -0.0460. The van der Waals surface area contributed by atoms with Crippen LogP contribution in [0.5, 0.6) is 5.75 Å². The van der Waals surface area contributed by atoms with Gasteiger partial charge in [-0.15, -0.1) is 0 Å². The van der Waals surface area contributed by atoms with E-state index in [0.29, 0.717) is 34.2 Å². The molecule has 31 heavy (non-hydrogen) atoms. The van der Waals surface area contributed by atoms with E-state index in [9.17, 15) is 9.59 Å². The molecule has 0 bridgehead atoms. The Bertz CT molecular complexity index is 999. The third kappa shape index (κ3) is 5.27. The van der Waals surface area contributed by atoms with E-state index in [2.05, 4.69) is 5.32 Å². The van der Waals surface area contributed by atoms with Crippen LogP contribution in [0.15, 0.2) is 48.2 Å². The van der Waals surface area contributed by atoms with Crippen LogP contribution in [0.1, 0.15) is 31.9 Å². The molecular weight excluding hydrogens is 416 g/mol. The summed E-state index contributed by atoms with van der Waals surface area (Å²) in [5, 5.41) is 3.70. The van der Waals surface area contributed by atoms with E-state index in [0.717, 1.165) is 5.56 Å². The monoisotopic (exact) mass is 442 g/mol. The largest absolute Gasteiger partial charge is 0.494 e. The number of rotatable bonds is 9. The Morgan fingerprint density at radius 2 is 1.77 bits per heavy atom. The number of ether oxygens (including phenoxy) is 2. The molecule has 1 aliphatic rings. The zero-order chi connectivity index (χ0) is 22.5. The molecule has 0 spiro atoms. The Kier molecular flexibility index (Phi) is 7.36. The fraction of sp³-hybridized carbons (Fsp3) is 0.333. The standard InChI is InChI=1S/C24H27ClN2O4/c1-5-30-19-10-7-17(8-11-19)21-22(26-20-14-18(25)9-6-16(20)4)24(29)27(23(21)28)12-13-31-15(2)3/h6-11,14-15,26H,5,12-13H2,1-4H3. The van der Waals surface area contributed by atoms with Crippen molar-refractivity contribution in [2.45, 2.75) is 33.8 Å². The van der Waals surface area contributed by atoms with Gasteiger partial charge in [-0.3, -0.25) is 14.5 Å². The molecule has 0 radical (unpaired) electrons. The number of aryl methyl sites for hydroxylation is 1. The Labute approximate surface area is 187 Å². The van der Waals surface area contributed by atoms with Crippen LogP contribution in [0.2, 0.25) is 5.02 Å². The van der Waals surface area contributed by atoms with Crippen LogP contribution in [-0.2, 0) is 14.3 Å². The molecule has 0 aromatic heterocycles. The number of anilines is 1. The first-order valence-corrected chi connectivity index (χ1v) is 10.7. The van der Waals surface area contributed by atoms with Gasteiger partial charge in [0.25, 0.3) is 11.8 Å². The van der Waals surface area contributed by atoms with E-state index < -0.39 is 0 Å². The van der Waals surface area contributed by atoms with Crippen LogP contribution in [-0.4, -0.2) is 42.6 Å². The first-order chi connectivity index (χ1) is 14.8. The highest BCUT2D eigenvalue weighted by molar-refractivity contribution is 6.36. The summed E-state index contributed by atoms with van der Waals surface area (Å²) in [6, 6.07) is 12.5. The maximum Gasteiger partial charge on any atom is 0.278 e. The fourth-order valence-corrected chi connectivity index (χ4v) is 3.46. The second-order valence-corrected chi connectivity index (χ2v) is 7.91. The fourth-order valence-electron chi connectivity index (χ4n) is 3.29. The van der Waals surface area contributed by atoms with Crippen molar-refractivity contribution in [3.63, 3.8) is 0 Å². The van der Waals surface area contributed by atoms with Crippen molar-refractivity contribution in [2.75, 3.05) is 25.1 Å². The smallest absolute Gasteiger partial charge is 0.278 e. The predicted octanol–water partition coefficient (Wildman–Crippen LogP) is 4.66. The molecule has 2 amide bonds. The summed E-state index contributed by atoms with van der Waals surface area (Å²) in [6.45, 7) is 8.63. The molecule has 0 fully saturated rings. The lowest BCUT2D eigenvalue weighted by molar-refractivity contribution is -0.137. The molecular formula is C24H27ClN2O4. The van der Waals surface area contributed by atoms with Crippen molar-refractivity contribution in [1.82, 2.24) is 4.90 Å². The van der Waals surface area contributed by atoms with Gasteiger partial charge in [0.05, 0.1) is 31.4 Å². The van der Waals surface area contributed by atoms with Gasteiger partial charge in [-0.05, 0) is 63.1 Å². The molecule has 164 valence electrons. The topological polar surface area (TPSA) is 67.9 Å². The van der Waals surface area contributed by atoms with E-state index in [4.69, 9.17) is 21.1 Å². The van der Waals surface area contributed by atoms with Crippen LogP contribution in [0.4, 0.5) is 5.69 Å². The highest BCUT2D eigenvalue weighted by atomic mass is 35.5. The number of hydrogen-bond acceptors (Lipinski definition) is 5. The van der Waals surface area contributed by atoms with Crippen molar-refractivity contribution >= 4 is 34.7 Å². The van der Waals surface area contributed by atoms with Gasteiger partial charge in [-0.1, -0.05) is 29.8 Å².